The minimum Gasteiger partial charge on any atom is -0.481 e. The Hall–Kier alpha value is -1.59. The average Bonchev–Trinajstić information content (AvgIpc) is 2.59. The Kier molecular flexibility index (Phi) is 17.3. The van der Waals surface area contributed by atoms with E-state index in [4.69, 9.17) is 0 Å². The van der Waals surface area contributed by atoms with Gasteiger partial charge in [0.2, 0.25) is 0 Å². The number of carbonyl (C=O) groups excluding carboxylic acids is 2. The summed E-state index contributed by atoms with van der Waals surface area (Å²) in [5.74, 6) is -1.66. The minimum atomic E-state index is -0.588. The summed E-state index contributed by atoms with van der Waals surface area (Å²) in [7, 11) is 0. The molecular weight excluding hydrogens is 336 g/mol. The third-order valence-electron chi connectivity index (χ3n) is 4.30. The summed E-state index contributed by atoms with van der Waals surface area (Å²) in [6.07, 6.45) is 7.67. The fourth-order valence-corrected chi connectivity index (χ4v) is 2.61. The third-order valence-corrected chi connectivity index (χ3v) is 4.30. The number of rotatable bonds is 13. The number of unbranched alkanes of at least 4 members (excludes halogenated alkanes) is 3. The number of esters is 2. The Bertz CT molecular complexity index is 378. The van der Waals surface area contributed by atoms with E-state index in [2.05, 4.69) is 23.3 Å². The molecule has 0 aliphatic heterocycles. The largest absolute Gasteiger partial charge is 0.481 e. The number of aliphatic carboxylic acids is 1. The van der Waals surface area contributed by atoms with Crippen LogP contribution in [0.15, 0.2) is 0 Å². The topological polar surface area (TPSA) is 89.9 Å². The first kappa shape index (κ1) is 26.6. The highest BCUT2D eigenvalue weighted by Gasteiger charge is 2.34. The molecule has 1 unspecified atom stereocenters. The average molecular weight is 375 g/mol. The van der Waals surface area contributed by atoms with Crippen LogP contribution in [0.1, 0.15) is 92.4 Å². The van der Waals surface area contributed by atoms with Gasteiger partial charge >= 0.3 is 17.9 Å². The Morgan fingerprint density at radius 2 is 1.23 bits per heavy atom. The van der Waals surface area contributed by atoms with Gasteiger partial charge in [0.05, 0.1) is 18.6 Å². The molecule has 0 aromatic carbocycles. The highest BCUT2D eigenvalue weighted by molar-refractivity contribution is 5.91. The summed E-state index contributed by atoms with van der Waals surface area (Å²) in [5.41, 5.74) is -0.439. The van der Waals surface area contributed by atoms with Crippen molar-refractivity contribution in [3.8, 4) is 0 Å². The van der Waals surface area contributed by atoms with Crippen LogP contribution < -0.4 is 0 Å². The number of ether oxygens (including phenoxy) is 2. The van der Waals surface area contributed by atoms with Gasteiger partial charge in [0.25, 0.3) is 0 Å². The number of carboxylic acids is 1. The molecule has 6 nitrogen and oxygen atoms in total. The molecule has 1 atom stereocenters. The molecule has 154 valence electrons. The van der Waals surface area contributed by atoms with Crippen LogP contribution in [0.2, 0.25) is 0 Å². The van der Waals surface area contributed by atoms with Gasteiger partial charge in [-0.3, -0.25) is 14.4 Å². The predicted octanol–water partition coefficient (Wildman–Crippen LogP) is 4.74. The van der Waals surface area contributed by atoms with E-state index in [0.29, 0.717) is 0 Å². The molecule has 0 aromatic heterocycles. The first-order valence-electron chi connectivity index (χ1n) is 9.87. The molecule has 0 heterocycles. The molecule has 26 heavy (non-hydrogen) atoms. The third kappa shape index (κ3) is 12.7. The van der Waals surface area contributed by atoms with Crippen LogP contribution in [0.5, 0.6) is 0 Å². The normalized spacial score (nSPS) is 12.3. The first-order chi connectivity index (χ1) is 12.3. The van der Waals surface area contributed by atoms with Gasteiger partial charge in [0, 0.05) is 0 Å². The van der Waals surface area contributed by atoms with E-state index in [-0.39, 0.29) is 19.6 Å². The number of hydrogen-bond acceptors (Lipinski definition) is 5. The molecule has 0 aromatic rings. The van der Waals surface area contributed by atoms with Crippen molar-refractivity contribution in [3.63, 3.8) is 0 Å². The van der Waals surface area contributed by atoms with Crippen molar-refractivity contribution in [2.75, 3.05) is 13.2 Å². The molecule has 0 saturated carbocycles. The Morgan fingerprint density at radius 3 is 1.58 bits per heavy atom. The molecule has 0 aliphatic carbocycles. The molecule has 0 bridgehead atoms. The molecule has 0 radical (unpaired) electrons. The first-order valence-corrected chi connectivity index (χ1v) is 9.87. The van der Waals surface area contributed by atoms with E-state index in [1.54, 1.807) is 13.8 Å². The molecule has 0 amide bonds. The van der Waals surface area contributed by atoms with Gasteiger partial charge in [0.15, 0.2) is 0 Å². The zero-order valence-electron chi connectivity index (χ0n) is 17.3. The van der Waals surface area contributed by atoms with E-state index in [9.17, 15) is 19.5 Å². The molecule has 6 heteroatoms. The fourth-order valence-electron chi connectivity index (χ4n) is 2.61. The highest BCUT2D eigenvalue weighted by atomic mass is 16.5. The maximum Gasteiger partial charge on any atom is 0.317 e. The summed E-state index contributed by atoms with van der Waals surface area (Å²) >= 11 is 0. The molecular formula is C20H38O6. The standard InChI is InChI=1S/C13H26O2.C7H12O4/c1-4-7-9-11-13(6-3,12(14)15)10-8-5-2;1-3-10-6(8)5-7(9)11-4-2/h4-11H2,1-3H3,(H,14,15);3-5H2,1-2H3. The van der Waals surface area contributed by atoms with Gasteiger partial charge in [-0.2, -0.15) is 0 Å². The smallest absolute Gasteiger partial charge is 0.317 e. The van der Waals surface area contributed by atoms with Crippen molar-refractivity contribution in [1.82, 2.24) is 0 Å². The van der Waals surface area contributed by atoms with Crippen LogP contribution >= 0.6 is 0 Å². The van der Waals surface area contributed by atoms with E-state index >= 15 is 0 Å². The Morgan fingerprint density at radius 1 is 0.769 bits per heavy atom. The van der Waals surface area contributed by atoms with E-state index in [1.165, 1.54) is 0 Å². The molecule has 0 fully saturated rings. The maximum atomic E-state index is 11.4. The Labute approximate surface area is 158 Å². The maximum absolute atomic E-state index is 11.4. The van der Waals surface area contributed by atoms with Crippen molar-refractivity contribution in [3.05, 3.63) is 0 Å². The second-order valence-electron chi connectivity index (χ2n) is 6.29. The van der Waals surface area contributed by atoms with Gasteiger partial charge in [0.1, 0.15) is 6.42 Å². The lowest BCUT2D eigenvalue weighted by molar-refractivity contribution is -0.154. The van der Waals surface area contributed by atoms with Crippen molar-refractivity contribution < 1.29 is 29.0 Å². The molecule has 0 rings (SSSR count). The van der Waals surface area contributed by atoms with Crippen LogP contribution in [0, 0.1) is 5.41 Å². The van der Waals surface area contributed by atoms with E-state index < -0.39 is 23.3 Å². The summed E-state index contributed by atoms with van der Waals surface area (Å²) in [6.45, 7) is 10.2. The van der Waals surface area contributed by atoms with E-state index in [0.717, 1.165) is 51.4 Å². The van der Waals surface area contributed by atoms with Crippen molar-refractivity contribution >= 4 is 17.9 Å². The number of carboxylic acid groups (broad SMARTS) is 1. The quantitative estimate of drug-likeness (QED) is 0.284. The summed E-state index contributed by atoms with van der Waals surface area (Å²) < 4.78 is 9.04. The fraction of sp³-hybridized carbons (Fsp3) is 0.850. The molecule has 1 N–H and O–H groups in total. The zero-order valence-corrected chi connectivity index (χ0v) is 17.3. The monoisotopic (exact) mass is 374 g/mol. The van der Waals surface area contributed by atoms with Gasteiger partial charge in [-0.1, -0.05) is 52.9 Å². The van der Waals surface area contributed by atoms with Crippen LogP contribution in [-0.2, 0) is 23.9 Å². The highest BCUT2D eigenvalue weighted by Crippen LogP contribution is 2.35. The van der Waals surface area contributed by atoms with Crippen LogP contribution in [0.3, 0.4) is 0 Å². The minimum absolute atomic E-state index is 0.290. The van der Waals surface area contributed by atoms with Crippen molar-refractivity contribution in [2.45, 2.75) is 92.4 Å². The number of hydrogen-bond donors (Lipinski definition) is 1. The van der Waals surface area contributed by atoms with Crippen molar-refractivity contribution in [2.24, 2.45) is 5.41 Å². The van der Waals surface area contributed by atoms with E-state index in [1.807, 2.05) is 6.92 Å². The Balaban J connectivity index is 0. The van der Waals surface area contributed by atoms with Gasteiger partial charge in [-0.05, 0) is 33.1 Å². The zero-order chi connectivity index (χ0) is 20.4. The molecule has 0 spiro atoms. The molecule has 0 saturated heterocycles. The summed E-state index contributed by atoms with van der Waals surface area (Å²) in [5, 5.41) is 9.35. The summed E-state index contributed by atoms with van der Waals surface area (Å²) in [4.78, 5) is 32.6. The molecule has 0 aliphatic rings. The lowest BCUT2D eigenvalue weighted by atomic mass is 9.76. The van der Waals surface area contributed by atoms with Crippen LogP contribution in [0.4, 0.5) is 0 Å². The summed E-state index contributed by atoms with van der Waals surface area (Å²) in [6, 6.07) is 0. The van der Waals surface area contributed by atoms with Crippen LogP contribution in [-0.4, -0.2) is 36.2 Å². The van der Waals surface area contributed by atoms with Crippen LogP contribution in [0.25, 0.3) is 0 Å². The number of carbonyl (C=O) groups is 3. The SMILES string of the molecule is CCCCCC(CC)(CCCC)C(=O)O.CCOC(=O)CC(=O)OCC. The second-order valence-corrected chi connectivity index (χ2v) is 6.29. The van der Waals surface area contributed by atoms with Crippen molar-refractivity contribution in [1.29, 1.82) is 0 Å². The van der Waals surface area contributed by atoms with Gasteiger partial charge in [-0.25, -0.2) is 0 Å². The predicted molar refractivity (Wildman–Crippen MR) is 102 cm³/mol. The lowest BCUT2D eigenvalue weighted by Gasteiger charge is -2.28. The van der Waals surface area contributed by atoms with Gasteiger partial charge < -0.3 is 14.6 Å². The van der Waals surface area contributed by atoms with Gasteiger partial charge in [-0.15, -0.1) is 0 Å². The lowest BCUT2D eigenvalue weighted by Crippen LogP contribution is -2.30. The second kappa shape index (κ2) is 16.9.